The minimum atomic E-state index is 0.170. The van der Waals surface area contributed by atoms with Crippen LogP contribution >= 0.6 is 0 Å². The molecule has 2 nitrogen and oxygen atoms in total. The first-order valence-corrected chi connectivity index (χ1v) is 4.92. The van der Waals surface area contributed by atoms with Crippen molar-refractivity contribution in [1.29, 1.82) is 0 Å². The average Bonchev–Trinajstić information content (AvgIpc) is 2.03. The van der Waals surface area contributed by atoms with Crippen LogP contribution in [0.4, 0.5) is 0 Å². The summed E-state index contributed by atoms with van der Waals surface area (Å²) in [6.07, 6.45) is 3.67. The molecule has 1 N–H and O–H groups in total. The van der Waals surface area contributed by atoms with Gasteiger partial charge in [-0.25, -0.2) is 0 Å². The number of hydrogen-bond donors (Lipinski definition) is 1. The van der Waals surface area contributed by atoms with Gasteiger partial charge in [-0.1, -0.05) is 33.6 Å². The maximum atomic E-state index is 11.1. The first-order chi connectivity index (χ1) is 5.68. The number of carbonyl (C=O) groups excluding carboxylic acids is 1. The zero-order valence-corrected chi connectivity index (χ0v) is 8.52. The lowest BCUT2D eigenvalue weighted by Crippen LogP contribution is -2.26. The van der Waals surface area contributed by atoms with E-state index in [9.17, 15) is 4.79 Å². The summed E-state index contributed by atoms with van der Waals surface area (Å²) in [5, 5.41) is 3.15. The van der Waals surface area contributed by atoms with Crippen LogP contribution in [0.1, 0.15) is 40.0 Å². The molecule has 0 radical (unpaired) electrons. The second-order valence-corrected chi connectivity index (χ2v) is 3.50. The monoisotopic (exact) mass is 171 g/mol. The van der Waals surface area contributed by atoms with Crippen molar-refractivity contribution in [2.24, 2.45) is 5.92 Å². The topological polar surface area (TPSA) is 29.1 Å². The fourth-order valence-electron chi connectivity index (χ4n) is 0.916. The van der Waals surface area contributed by atoms with E-state index >= 15 is 0 Å². The summed E-state index contributed by atoms with van der Waals surface area (Å²) in [5.41, 5.74) is 0. The van der Waals surface area contributed by atoms with Crippen LogP contribution in [0, 0.1) is 5.92 Å². The Kier molecular flexibility index (Phi) is 7.06. The lowest BCUT2D eigenvalue weighted by atomic mass is 10.1. The summed E-state index contributed by atoms with van der Waals surface area (Å²) in [6.45, 7) is 7.58. The number of nitrogens with one attached hydrogen (secondary N) is 1. The lowest BCUT2D eigenvalue weighted by Gasteiger charge is -2.05. The molecule has 0 aliphatic carbocycles. The third-order valence-electron chi connectivity index (χ3n) is 1.90. The predicted octanol–water partition coefficient (Wildman–Crippen LogP) is 1.99. The highest BCUT2D eigenvalue weighted by atomic mass is 16.1. The van der Waals surface area contributed by atoms with Crippen LogP contribution in [-0.2, 0) is 4.79 Å². The number of carbonyl (C=O) groups is 1. The molecule has 0 spiro atoms. The van der Waals surface area contributed by atoms with Gasteiger partial charge < -0.3 is 5.32 Å². The van der Waals surface area contributed by atoms with Gasteiger partial charge >= 0.3 is 0 Å². The van der Waals surface area contributed by atoms with Crippen LogP contribution in [0.25, 0.3) is 0 Å². The highest BCUT2D eigenvalue weighted by Crippen LogP contribution is 1.93. The number of unbranched alkanes of at least 4 members (excludes halogenated alkanes) is 2. The Balaban J connectivity index is 3.14. The van der Waals surface area contributed by atoms with E-state index in [1.165, 1.54) is 19.3 Å². The first kappa shape index (κ1) is 11.6. The molecule has 0 aromatic rings. The Bertz CT molecular complexity index is 121. The molecule has 0 fully saturated rings. The molecule has 0 saturated carbocycles. The van der Waals surface area contributed by atoms with Crippen LogP contribution in [0.15, 0.2) is 0 Å². The lowest BCUT2D eigenvalue weighted by molar-refractivity contribution is -0.121. The molecule has 0 bridgehead atoms. The molecule has 0 rings (SSSR count). The van der Waals surface area contributed by atoms with Gasteiger partial charge in [0.2, 0.25) is 0 Å². The molecule has 2 heteroatoms. The molecule has 0 saturated heterocycles. The number of hydrogen-bond acceptors (Lipinski definition) is 2. The smallest absolute Gasteiger partial charge is 0.149 e. The fraction of sp³-hybridized carbons (Fsp3) is 0.900. The summed E-state index contributed by atoms with van der Waals surface area (Å²) in [4.78, 5) is 11.1. The second kappa shape index (κ2) is 7.29. The number of Topliss-reactive ketones (excluding diaryl/α,β-unsaturated/α-hetero) is 1. The average molecular weight is 171 g/mol. The molecule has 0 atom stereocenters. The van der Waals surface area contributed by atoms with E-state index in [1.54, 1.807) is 0 Å². The zero-order valence-electron chi connectivity index (χ0n) is 8.52. The third kappa shape index (κ3) is 6.35. The van der Waals surface area contributed by atoms with Crippen molar-refractivity contribution < 1.29 is 4.79 Å². The summed E-state index contributed by atoms with van der Waals surface area (Å²) < 4.78 is 0. The second-order valence-electron chi connectivity index (χ2n) is 3.50. The first-order valence-electron chi connectivity index (χ1n) is 4.92. The Labute approximate surface area is 75.7 Å². The molecule has 0 aromatic heterocycles. The molecule has 12 heavy (non-hydrogen) atoms. The van der Waals surface area contributed by atoms with E-state index in [-0.39, 0.29) is 5.92 Å². The van der Waals surface area contributed by atoms with Crippen molar-refractivity contribution in [3.05, 3.63) is 0 Å². The minimum Gasteiger partial charge on any atom is -0.310 e. The van der Waals surface area contributed by atoms with E-state index in [0.29, 0.717) is 12.3 Å². The van der Waals surface area contributed by atoms with Crippen molar-refractivity contribution in [1.82, 2.24) is 5.32 Å². The minimum absolute atomic E-state index is 0.170. The molecule has 0 aromatic carbocycles. The van der Waals surface area contributed by atoms with Crippen LogP contribution in [0.3, 0.4) is 0 Å². The van der Waals surface area contributed by atoms with E-state index < -0.39 is 0 Å². The molecular formula is C10H21NO. The van der Waals surface area contributed by atoms with Gasteiger partial charge in [0.05, 0.1) is 6.54 Å². The Morgan fingerprint density at radius 1 is 1.33 bits per heavy atom. The molecule has 0 unspecified atom stereocenters. The van der Waals surface area contributed by atoms with E-state index in [4.69, 9.17) is 0 Å². The van der Waals surface area contributed by atoms with E-state index in [0.717, 1.165) is 6.54 Å². The Morgan fingerprint density at radius 2 is 2.00 bits per heavy atom. The SMILES string of the molecule is CCCCCNCC(=O)C(C)C. The van der Waals surface area contributed by atoms with Crippen molar-refractivity contribution >= 4 is 5.78 Å². The quantitative estimate of drug-likeness (QED) is 0.593. The van der Waals surface area contributed by atoms with E-state index in [1.807, 2.05) is 13.8 Å². The number of ketones is 1. The van der Waals surface area contributed by atoms with Crippen molar-refractivity contribution in [2.45, 2.75) is 40.0 Å². The largest absolute Gasteiger partial charge is 0.310 e. The van der Waals surface area contributed by atoms with Crippen LogP contribution in [0.5, 0.6) is 0 Å². The van der Waals surface area contributed by atoms with Crippen molar-refractivity contribution in [3.63, 3.8) is 0 Å². The molecule has 0 amide bonds. The van der Waals surface area contributed by atoms with Crippen LogP contribution < -0.4 is 5.32 Å². The van der Waals surface area contributed by atoms with Gasteiger partial charge in [-0.05, 0) is 13.0 Å². The van der Waals surface area contributed by atoms with Crippen molar-refractivity contribution in [2.75, 3.05) is 13.1 Å². The molecule has 0 aliphatic rings. The molecule has 72 valence electrons. The normalized spacial score (nSPS) is 10.7. The highest BCUT2D eigenvalue weighted by Gasteiger charge is 2.04. The summed E-state index contributed by atoms with van der Waals surface area (Å²) in [5.74, 6) is 0.482. The predicted molar refractivity (Wildman–Crippen MR) is 52.2 cm³/mol. The summed E-state index contributed by atoms with van der Waals surface area (Å²) >= 11 is 0. The Hall–Kier alpha value is -0.370. The summed E-state index contributed by atoms with van der Waals surface area (Å²) in [6, 6.07) is 0. The zero-order chi connectivity index (χ0) is 9.40. The van der Waals surface area contributed by atoms with Gasteiger partial charge in [-0.3, -0.25) is 4.79 Å². The van der Waals surface area contributed by atoms with Crippen LogP contribution in [-0.4, -0.2) is 18.9 Å². The molecule has 0 heterocycles. The maximum Gasteiger partial charge on any atom is 0.149 e. The van der Waals surface area contributed by atoms with Gasteiger partial charge in [0.25, 0.3) is 0 Å². The molecular weight excluding hydrogens is 150 g/mol. The maximum absolute atomic E-state index is 11.1. The highest BCUT2D eigenvalue weighted by molar-refractivity contribution is 5.82. The van der Waals surface area contributed by atoms with Gasteiger partial charge in [-0.2, -0.15) is 0 Å². The van der Waals surface area contributed by atoms with Gasteiger partial charge in [-0.15, -0.1) is 0 Å². The molecule has 0 aliphatic heterocycles. The van der Waals surface area contributed by atoms with Gasteiger partial charge in [0.15, 0.2) is 0 Å². The fourth-order valence-corrected chi connectivity index (χ4v) is 0.916. The standard InChI is InChI=1S/C10H21NO/c1-4-5-6-7-11-8-10(12)9(2)3/h9,11H,4-8H2,1-3H3. The third-order valence-corrected chi connectivity index (χ3v) is 1.90. The van der Waals surface area contributed by atoms with Gasteiger partial charge in [0, 0.05) is 5.92 Å². The van der Waals surface area contributed by atoms with Crippen LogP contribution in [0.2, 0.25) is 0 Å². The summed E-state index contributed by atoms with van der Waals surface area (Å²) in [7, 11) is 0. The van der Waals surface area contributed by atoms with Gasteiger partial charge in [0.1, 0.15) is 5.78 Å². The van der Waals surface area contributed by atoms with E-state index in [2.05, 4.69) is 12.2 Å². The van der Waals surface area contributed by atoms with Crippen molar-refractivity contribution in [3.8, 4) is 0 Å². The Morgan fingerprint density at radius 3 is 2.50 bits per heavy atom. The number of rotatable bonds is 7.